The summed E-state index contributed by atoms with van der Waals surface area (Å²) in [6.07, 6.45) is 7.11. The maximum absolute atomic E-state index is 14.3. The largest absolute Gasteiger partial charge is 0.478 e. The molecule has 1 aromatic carbocycles. The van der Waals surface area contributed by atoms with Crippen molar-refractivity contribution in [2.45, 2.75) is 38.6 Å². The Balaban J connectivity index is 2.34. The number of nitrogens with zero attached hydrogens (tertiary/aromatic N) is 1. The Kier molecular flexibility index (Phi) is 4.99. The average Bonchev–Trinajstić information content (AvgIpc) is 2.45. The standard InChI is InChI=1S/C17H22FNO2/c1-12-6-3-4-9-15(12)19(2)17-13(10-11-16(20)21)7-5-8-14(17)18/h5,7-8,10-12,15H,3-4,6,9H2,1-2H3,(H,20,21)/b11-10+. The fraction of sp³-hybridized carbons (Fsp3) is 0.471. The Labute approximate surface area is 125 Å². The van der Waals surface area contributed by atoms with Crippen LogP contribution >= 0.6 is 0 Å². The summed E-state index contributed by atoms with van der Waals surface area (Å²) in [6.45, 7) is 2.20. The Morgan fingerprint density at radius 1 is 1.38 bits per heavy atom. The van der Waals surface area contributed by atoms with Crippen molar-refractivity contribution >= 4 is 17.7 Å². The van der Waals surface area contributed by atoms with Gasteiger partial charge in [-0.05, 0) is 30.9 Å². The van der Waals surface area contributed by atoms with E-state index in [-0.39, 0.29) is 5.82 Å². The van der Waals surface area contributed by atoms with E-state index in [1.54, 1.807) is 12.1 Å². The highest BCUT2D eigenvalue weighted by molar-refractivity contribution is 5.87. The van der Waals surface area contributed by atoms with Crippen LogP contribution < -0.4 is 4.90 Å². The number of aliphatic carboxylic acids is 1. The van der Waals surface area contributed by atoms with Crippen LogP contribution in [0.15, 0.2) is 24.3 Å². The van der Waals surface area contributed by atoms with Crippen molar-refractivity contribution in [1.29, 1.82) is 0 Å². The molecule has 0 amide bonds. The number of para-hydroxylation sites is 1. The average molecular weight is 291 g/mol. The second-order valence-electron chi connectivity index (χ2n) is 5.79. The lowest BCUT2D eigenvalue weighted by atomic mass is 9.84. The van der Waals surface area contributed by atoms with Crippen molar-refractivity contribution in [1.82, 2.24) is 0 Å². The minimum Gasteiger partial charge on any atom is -0.478 e. The molecule has 2 rings (SSSR count). The molecule has 2 unspecified atom stereocenters. The highest BCUT2D eigenvalue weighted by atomic mass is 19.1. The van der Waals surface area contributed by atoms with Crippen LogP contribution in [0.4, 0.5) is 10.1 Å². The summed E-state index contributed by atoms with van der Waals surface area (Å²) in [5.74, 6) is -0.818. The first kappa shape index (κ1) is 15.5. The van der Waals surface area contributed by atoms with Gasteiger partial charge in [-0.3, -0.25) is 0 Å². The van der Waals surface area contributed by atoms with E-state index in [2.05, 4.69) is 6.92 Å². The van der Waals surface area contributed by atoms with E-state index in [0.29, 0.717) is 23.2 Å². The predicted octanol–water partition coefficient (Wildman–Crippen LogP) is 3.94. The molecule has 2 atom stereocenters. The van der Waals surface area contributed by atoms with Gasteiger partial charge in [0.25, 0.3) is 0 Å². The molecule has 4 heteroatoms. The molecule has 1 aromatic rings. The fourth-order valence-corrected chi connectivity index (χ4v) is 3.24. The van der Waals surface area contributed by atoms with Crippen LogP contribution in [0.5, 0.6) is 0 Å². The van der Waals surface area contributed by atoms with Gasteiger partial charge in [-0.1, -0.05) is 31.9 Å². The van der Waals surface area contributed by atoms with Gasteiger partial charge in [-0.2, -0.15) is 0 Å². The molecular formula is C17H22FNO2. The highest BCUT2D eigenvalue weighted by Gasteiger charge is 2.27. The Bertz CT molecular complexity index is 542. The summed E-state index contributed by atoms with van der Waals surface area (Å²) in [4.78, 5) is 12.7. The Morgan fingerprint density at radius 2 is 2.10 bits per heavy atom. The lowest BCUT2D eigenvalue weighted by Crippen LogP contribution is -2.39. The molecule has 1 aliphatic carbocycles. The number of hydrogen-bond acceptors (Lipinski definition) is 2. The molecule has 0 bridgehead atoms. The van der Waals surface area contributed by atoms with E-state index >= 15 is 0 Å². The molecule has 21 heavy (non-hydrogen) atoms. The van der Waals surface area contributed by atoms with E-state index in [1.165, 1.54) is 18.6 Å². The van der Waals surface area contributed by atoms with Crippen molar-refractivity contribution in [3.63, 3.8) is 0 Å². The first-order chi connectivity index (χ1) is 10.0. The zero-order chi connectivity index (χ0) is 15.4. The van der Waals surface area contributed by atoms with Crippen molar-refractivity contribution in [3.8, 4) is 0 Å². The van der Waals surface area contributed by atoms with Gasteiger partial charge in [0.2, 0.25) is 0 Å². The maximum Gasteiger partial charge on any atom is 0.328 e. The number of rotatable bonds is 4. The molecule has 1 N–H and O–H groups in total. The van der Waals surface area contributed by atoms with E-state index in [1.807, 2.05) is 11.9 Å². The first-order valence-corrected chi connectivity index (χ1v) is 7.43. The number of anilines is 1. The monoisotopic (exact) mass is 291 g/mol. The molecule has 1 fully saturated rings. The summed E-state index contributed by atoms with van der Waals surface area (Å²) in [5.41, 5.74) is 1.10. The van der Waals surface area contributed by atoms with Crippen molar-refractivity contribution in [3.05, 3.63) is 35.7 Å². The normalized spacial score (nSPS) is 22.4. The van der Waals surface area contributed by atoms with Gasteiger partial charge in [-0.25, -0.2) is 9.18 Å². The Hall–Kier alpha value is -1.84. The number of halogens is 1. The number of benzene rings is 1. The molecule has 0 aliphatic heterocycles. The first-order valence-electron chi connectivity index (χ1n) is 7.43. The van der Waals surface area contributed by atoms with E-state index in [9.17, 15) is 9.18 Å². The molecule has 1 saturated carbocycles. The second kappa shape index (κ2) is 6.74. The van der Waals surface area contributed by atoms with Crippen LogP contribution in [0.3, 0.4) is 0 Å². The quantitative estimate of drug-likeness (QED) is 0.854. The van der Waals surface area contributed by atoms with Gasteiger partial charge in [-0.15, -0.1) is 0 Å². The summed E-state index contributed by atoms with van der Waals surface area (Å²) in [5, 5.41) is 8.77. The van der Waals surface area contributed by atoms with Crippen molar-refractivity contribution in [2.75, 3.05) is 11.9 Å². The molecule has 114 valence electrons. The van der Waals surface area contributed by atoms with Gasteiger partial charge < -0.3 is 10.0 Å². The summed E-state index contributed by atoms with van der Waals surface area (Å²) in [6, 6.07) is 5.09. The van der Waals surface area contributed by atoms with Crippen LogP contribution in [-0.4, -0.2) is 24.2 Å². The topological polar surface area (TPSA) is 40.5 Å². The zero-order valence-electron chi connectivity index (χ0n) is 12.6. The lowest BCUT2D eigenvalue weighted by molar-refractivity contribution is -0.131. The van der Waals surface area contributed by atoms with Gasteiger partial charge in [0.15, 0.2) is 0 Å². The van der Waals surface area contributed by atoms with Crippen LogP contribution in [0, 0.1) is 11.7 Å². The molecule has 1 aliphatic rings. The zero-order valence-corrected chi connectivity index (χ0v) is 12.6. The second-order valence-corrected chi connectivity index (χ2v) is 5.79. The van der Waals surface area contributed by atoms with Crippen LogP contribution in [0.25, 0.3) is 6.08 Å². The van der Waals surface area contributed by atoms with Gasteiger partial charge >= 0.3 is 5.97 Å². The summed E-state index contributed by atoms with van der Waals surface area (Å²) >= 11 is 0. The third-order valence-electron chi connectivity index (χ3n) is 4.34. The molecule has 3 nitrogen and oxygen atoms in total. The van der Waals surface area contributed by atoms with E-state index < -0.39 is 5.97 Å². The Morgan fingerprint density at radius 3 is 2.76 bits per heavy atom. The van der Waals surface area contributed by atoms with Gasteiger partial charge in [0.05, 0.1) is 5.69 Å². The smallest absolute Gasteiger partial charge is 0.328 e. The molecule has 0 heterocycles. The van der Waals surface area contributed by atoms with Crippen molar-refractivity contribution < 1.29 is 14.3 Å². The fourth-order valence-electron chi connectivity index (χ4n) is 3.24. The van der Waals surface area contributed by atoms with Crippen molar-refractivity contribution in [2.24, 2.45) is 5.92 Å². The van der Waals surface area contributed by atoms with E-state index in [0.717, 1.165) is 25.3 Å². The SMILES string of the molecule is CC1CCCCC1N(C)c1c(F)cccc1/C=C/C(=O)O. The van der Waals surface area contributed by atoms with E-state index in [4.69, 9.17) is 5.11 Å². The minimum absolute atomic E-state index is 0.299. The number of carboxylic acid groups (broad SMARTS) is 1. The molecule has 0 saturated heterocycles. The summed E-state index contributed by atoms with van der Waals surface area (Å²) in [7, 11) is 1.91. The molecule has 0 radical (unpaired) electrons. The number of hydrogen-bond donors (Lipinski definition) is 1. The summed E-state index contributed by atoms with van der Waals surface area (Å²) < 4.78 is 14.3. The lowest BCUT2D eigenvalue weighted by Gasteiger charge is -2.38. The third-order valence-corrected chi connectivity index (χ3v) is 4.34. The number of carbonyl (C=O) groups is 1. The van der Waals surface area contributed by atoms with Crippen LogP contribution in [0.2, 0.25) is 0 Å². The number of carboxylic acids is 1. The van der Waals surface area contributed by atoms with Gasteiger partial charge in [0.1, 0.15) is 5.82 Å². The highest BCUT2D eigenvalue weighted by Crippen LogP contribution is 2.33. The molecule has 0 aromatic heterocycles. The molecule has 0 spiro atoms. The third kappa shape index (κ3) is 3.63. The van der Waals surface area contributed by atoms with Gasteiger partial charge in [0, 0.05) is 24.7 Å². The van der Waals surface area contributed by atoms with Crippen LogP contribution in [-0.2, 0) is 4.79 Å². The predicted molar refractivity (Wildman–Crippen MR) is 82.9 cm³/mol. The van der Waals surface area contributed by atoms with Crippen LogP contribution in [0.1, 0.15) is 38.2 Å². The maximum atomic E-state index is 14.3. The molecular weight excluding hydrogens is 269 g/mol. The minimum atomic E-state index is -1.03.